The van der Waals surface area contributed by atoms with Crippen LogP contribution in [0.15, 0.2) is 0 Å². The zero-order chi connectivity index (χ0) is 10.6. The zero-order valence-corrected chi connectivity index (χ0v) is 8.19. The van der Waals surface area contributed by atoms with Crippen LogP contribution < -0.4 is 5.73 Å². The van der Waals surface area contributed by atoms with Crippen LogP contribution in [0.3, 0.4) is 0 Å². The van der Waals surface area contributed by atoms with Crippen molar-refractivity contribution in [2.75, 3.05) is 19.6 Å². The average Bonchev–Trinajstić information content (AvgIpc) is 1.95. The van der Waals surface area contributed by atoms with Crippen molar-refractivity contribution >= 4 is 0 Å². The lowest BCUT2D eigenvalue weighted by molar-refractivity contribution is -0.139. The third-order valence-electron chi connectivity index (χ3n) is 2.69. The van der Waals surface area contributed by atoms with Gasteiger partial charge in [0.2, 0.25) is 0 Å². The predicted molar refractivity (Wildman–Crippen MR) is 48.9 cm³/mol. The lowest BCUT2D eigenvalue weighted by Crippen LogP contribution is -2.44. The fraction of sp³-hybridized carbons (Fsp3) is 1.00. The van der Waals surface area contributed by atoms with Gasteiger partial charge in [-0.3, -0.25) is 4.90 Å². The van der Waals surface area contributed by atoms with Crippen molar-refractivity contribution in [1.29, 1.82) is 0 Å². The van der Waals surface area contributed by atoms with Crippen molar-refractivity contribution in [1.82, 2.24) is 4.90 Å². The van der Waals surface area contributed by atoms with Gasteiger partial charge in [0.15, 0.2) is 0 Å². The summed E-state index contributed by atoms with van der Waals surface area (Å²) in [6.45, 7) is 1.13. The molecule has 1 rings (SSSR count). The molecular formula is C9H17F3N2. The Labute approximate surface area is 82.2 Å². The summed E-state index contributed by atoms with van der Waals surface area (Å²) in [5.41, 5.74) is 5.36. The monoisotopic (exact) mass is 210 g/mol. The van der Waals surface area contributed by atoms with Crippen LogP contribution >= 0.6 is 0 Å². The van der Waals surface area contributed by atoms with E-state index >= 15 is 0 Å². The smallest absolute Gasteiger partial charge is 0.329 e. The van der Waals surface area contributed by atoms with E-state index in [1.54, 1.807) is 0 Å². The van der Waals surface area contributed by atoms with E-state index in [9.17, 15) is 13.2 Å². The minimum absolute atomic E-state index is 0.103. The molecule has 0 spiro atoms. The van der Waals surface area contributed by atoms with Crippen LogP contribution in [0.25, 0.3) is 0 Å². The van der Waals surface area contributed by atoms with Crippen LogP contribution in [0.4, 0.5) is 13.2 Å². The fourth-order valence-electron chi connectivity index (χ4n) is 1.67. The number of nitrogens with two attached hydrogens (primary N) is 1. The second kappa shape index (κ2) is 4.98. The molecule has 5 heteroatoms. The van der Waals surface area contributed by atoms with E-state index in [0.717, 1.165) is 19.3 Å². The van der Waals surface area contributed by atoms with Crippen molar-refractivity contribution in [3.05, 3.63) is 0 Å². The third-order valence-corrected chi connectivity index (χ3v) is 2.69. The van der Waals surface area contributed by atoms with Gasteiger partial charge >= 0.3 is 6.18 Å². The number of rotatable bonds is 5. The largest absolute Gasteiger partial charge is 0.390 e. The normalized spacial score (nSPS) is 18.6. The van der Waals surface area contributed by atoms with E-state index in [0.29, 0.717) is 19.1 Å². The molecule has 0 aliphatic heterocycles. The first-order valence-corrected chi connectivity index (χ1v) is 5.04. The SMILES string of the molecule is NCCN(CCC(F)(F)F)C1CCC1. The van der Waals surface area contributed by atoms with Gasteiger partial charge in [-0.2, -0.15) is 13.2 Å². The van der Waals surface area contributed by atoms with Crippen LogP contribution in [-0.2, 0) is 0 Å². The molecule has 0 aromatic carbocycles. The number of halogens is 3. The highest BCUT2D eigenvalue weighted by atomic mass is 19.4. The molecular weight excluding hydrogens is 193 g/mol. The Hall–Kier alpha value is -0.290. The van der Waals surface area contributed by atoms with Crippen LogP contribution in [0, 0.1) is 0 Å². The molecule has 84 valence electrons. The van der Waals surface area contributed by atoms with Gasteiger partial charge in [0, 0.05) is 25.7 Å². The van der Waals surface area contributed by atoms with Crippen molar-refractivity contribution in [3.8, 4) is 0 Å². The Morgan fingerprint density at radius 1 is 1.21 bits per heavy atom. The van der Waals surface area contributed by atoms with E-state index in [1.807, 2.05) is 4.90 Å². The Kier molecular flexibility index (Phi) is 4.19. The minimum atomic E-state index is -4.05. The molecule has 1 aliphatic carbocycles. The van der Waals surface area contributed by atoms with Gasteiger partial charge in [-0.15, -0.1) is 0 Å². The summed E-state index contributed by atoms with van der Waals surface area (Å²) >= 11 is 0. The Balaban J connectivity index is 2.27. The topological polar surface area (TPSA) is 29.3 Å². The van der Waals surface area contributed by atoms with Gasteiger partial charge < -0.3 is 5.73 Å². The predicted octanol–water partition coefficient (Wildman–Crippen LogP) is 1.75. The molecule has 0 unspecified atom stereocenters. The first-order valence-electron chi connectivity index (χ1n) is 5.04. The standard InChI is InChI=1S/C9H17F3N2/c10-9(11,12)4-6-14(7-5-13)8-2-1-3-8/h8H,1-7,13H2. The molecule has 2 nitrogen and oxygen atoms in total. The Bertz CT molecular complexity index is 166. The molecule has 0 radical (unpaired) electrons. The van der Waals surface area contributed by atoms with E-state index in [-0.39, 0.29) is 6.54 Å². The lowest BCUT2D eigenvalue weighted by atomic mass is 9.91. The molecule has 0 saturated heterocycles. The fourth-order valence-corrected chi connectivity index (χ4v) is 1.67. The van der Waals surface area contributed by atoms with Gasteiger partial charge in [0.05, 0.1) is 6.42 Å². The van der Waals surface area contributed by atoms with Crippen LogP contribution in [-0.4, -0.2) is 36.8 Å². The summed E-state index contributed by atoms with van der Waals surface area (Å²) in [4.78, 5) is 1.87. The van der Waals surface area contributed by atoms with Gasteiger partial charge in [0.1, 0.15) is 0 Å². The number of hydrogen-bond acceptors (Lipinski definition) is 2. The highest BCUT2D eigenvalue weighted by Gasteiger charge is 2.31. The van der Waals surface area contributed by atoms with Gasteiger partial charge in [-0.25, -0.2) is 0 Å². The lowest BCUT2D eigenvalue weighted by Gasteiger charge is -2.37. The van der Waals surface area contributed by atoms with Crippen molar-refractivity contribution < 1.29 is 13.2 Å². The summed E-state index contributed by atoms with van der Waals surface area (Å²) in [6, 6.07) is 0.348. The maximum atomic E-state index is 12.0. The van der Waals surface area contributed by atoms with Crippen LogP contribution in [0.5, 0.6) is 0 Å². The highest BCUT2D eigenvalue weighted by molar-refractivity contribution is 4.80. The van der Waals surface area contributed by atoms with E-state index < -0.39 is 12.6 Å². The molecule has 14 heavy (non-hydrogen) atoms. The van der Waals surface area contributed by atoms with Gasteiger partial charge in [-0.05, 0) is 12.8 Å². The van der Waals surface area contributed by atoms with Crippen LogP contribution in [0.2, 0.25) is 0 Å². The molecule has 2 N–H and O–H groups in total. The minimum Gasteiger partial charge on any atom is -0.329 e. The number of nitrogens with zero attached hydrogens (tertiary/aromatic N) is 1. The first-order chi connectivity index (χ1) is 6.53. The molecule has 0 aromatic rings. The van der Waals surface area contributed by atoms with Crippen LogP contribution in [0.1, 0.15) is 25.7 Å². The quantitative estimate of drug-likeness (QED) is 0.749. The Morgan fingerprint density at radius 2 is 1.86 bits per heavy atom. The van der Waals surface area contributed by atoms with Gasteiger partial charge in [-0.1, -0.05) is 6.42 Å². The second-order valence-electron chi connectivity index (χ2n) is 3.77. The van der Waals surface area contributed by atoms with E-state index in [1.165, 1.54) is 0 Å². The van der Waals surface area contributed by atoms with Crippen molar-refractivity contribution in [2.24, 2.45) is 5.73 Å². The summed E-state index contributed by atoms with van der Waals surface area (Å²) in [6.07, 6.45) is -1.58. The third kappa shape index (κ3) is 3.84. The summed E-state index contributed by atoms with van der Waals surface area (Å²) in [7, 11) is 0. The zero-order valence-electron chi connectivity index (χ0n) is 8.19. The number of alkyl halides is 3. The summed E-state index contributed by atoms with van der Waals surface area (Å²) < 4.78 is 36.0. The van der Waals surface area contributed by atoms with Crippen molar-refractivity contribution in [2.45, 2.75) is 37.9 Å². The van der Waals surface area contributed by atoms with E-state index in [4.69, 9.17) is 5.73 Å². The maximum absolute atomic E-state index is 12.0. The van der Waals surface area contributed by atoms with Gasteiger partial charge in [0.25, 0.3) is 0 Å². The Morgan fingerprint density at radius 3 is 2.21 bits per heavy atom. The molecule has 0 heterocycles. The molecule has 0 aromatic heterocycles. The molecule has 0 bridgehead atoms. The maximum Gasteiger partial charge on any atom is 0.390 e. The highest BCUT2D eigenvalue weighted by Crippen LogP contribution is 2.27. The summed E-state index contributed by atoms with van der Waals surface area (Å²) in [5, 5.41) is 0. The molecule has 0 amide bonds. The average molecular weight is 210 g/mol. The van der Waals surface area contributed by atoms with Crippen molar-refractivity contribution in [3.63, 3.8) is 0 Å². The molecule has 1 fully saturated rings. The van der Waals surface area contributed by atoms with E-state index in [2.05, 4.69) is 0 Å². The molecule has 1 aliphatic rings. The number of hydrogen-bond donors (Lipinski definition) is 1. The second-order valence-corrected chi connectivity index (χ2v) is 3.77. The molecule has 0 atom stereocenters. The summed E-state index contributed by atoms with van der Waals surface area (Å²) in [5.74, 6) is 0. The molecule has 1 saturated carbocycles. The first kappa shape index (κ1) is 11.8.